The van der Waals surface area contributed by atoms with E-state index in [0.29, 0.717) is 30.1 Å². The van der Waals surface area contributed by atoms with Crippen molar-refractivity contribution in [2.24, 2.45) is 0 Å². The maximum Gasteiger partial charge on any atom is 0.232 e. The maximum atomic E-state index is 12.8. The molecule has 0 amide bonds. The van der Waals surface area contributed by atoms with Crippen LogP contribution < -0.4 is 0 Å². The first-order valence-corrected chi connectivity index (χ1v) is 9.97. The lowest BCUT2D eigenvalue weighted by atomic mass is 9.86. The molecule has 3 atom stereocenters. The van der Waals surface area contributed by atoms with Crippen LogP contribution >= 0.6 is 0 Å². The number of hydrogen-bond donors (Lipinski definition) is 0. The Bertz CT molecular complexity index is 748. The second-order valence-electron chi connectivity index (χ2n) is 7.05. The topological polar surface area (TPSA) is 53.8 Å². The zero-order valence-corrected chi connectivity index (χ0v) is 16.6. The Labute approximate surface area is 167 Å². The van der Waals surface area contributed by atoms with Gasteiger partial charge in [0.1, 0.15) is 0 Å². The molecule has 150 valence electrons. The molecule has 0 N–H and O–H groups in total. The van der Waals surface area contributed by atoms with Crippen molar-refractivity contribution in [3.63, 3.8) is 0 Å². The van der Waals surface area contributed by atoms with Gasteiger partial charge >= 0.3 is 0 Å². The van der Waals surface area contributed by atoms with Gasteiger partial charge in [-0.1, -0.05) is 74.0 Å². The van der Waals surface area contributed by atoms with Crippen LogP contribution in [0, 0.1) is 5.21 Å². The lowest BCUT2D eigenvalue weighted by molar-refractivity contribution is -0.772. The molecule has 3 rings (SSSR count). The maximum absolute atomic E-state index is 12.8. The second-order valence-corrected chi connectivity index (χ2v) is 7.05. The van der Waals surface area contributed by atoms with Gasteiger partial charge in [0.2, 0.25) is 5.71 Å². The van der Waals surface area contributed by atoms with Crippen LogP contribution in [-0.4, -0.2) is 30.6 Å². The Morgan fingerprint density at radius 2 is 1.79 bits per heavy atom. The van der Waals surface area contributed by atoms with Crippen molar-refractivity contribution >= 4 is 5.71 Å². The normalized spacial score (nSPS) is 20.6. The van der Waals surface area contributed by atoms with Crippen LogP contribution in [0.3, 0.4) is 0 Å². The molecule has 0 radical (unpaired) electrons. The van der Waals surface area contributed by atoms with Crippen molar-refractivity contribution in [2.75, 3.05) is 13.7 Å². The highest BCUT2D eigenvalue weighted by molar-refractivity contribution is 5.87. The minimum atomic E-state index is -0.532. The van der Waals surface area contributed by atoms with Crippen LogP contribution in [0.5, 0.6) is 0 Å². The van der Waals surface area contributed by atoms with Gasteiger partial charge in [0, 0.05) is 25.0 Å². The molecule has 0 aromatic heterocycles. The fourth-order valence-corrected chi connectivity index (χ4v) is 3.56. The van der Waals surface area contributed by atoms with E-state index >= 15 is 0 Å². The molecule has 5 heteroatoms. The third kappa shape index (κ3) is 5.12. The molecule has 1 aliphatic heterocycles. The summed E-state index contributed by atoms with van der Waals surface area (Å²) in [5, 5.41) is 12.8. The summed E-state index contributed by atoms with van der Waals surface area (Å²) in [4.78, 5) is 6.20. The van der Waals surface area contributed by atoms with Crippen LogP contribution in [0.2, 0.25) is 0 Å². The van der Waals surface area contributed by atoms with Crippen LogP contribution in [-0.2, 0) is 14.3 Å². The summed E-state index contributed by atoms with van der Waals surface area (Å²) in [6.07, 6.45) is 2.33. The van der Waals surface area contributed by atoms with E-state index in [9.17, 15) is 5.21 Å². The number of benzene rings is 2. The molecule has 1 heterocycles. The quantitative estimate of drug-likeness (QED) is 0.453. The molecule has 0 saturated carbocycles. The molecule has 0 unspecified atom stereocenters. The highest BCUT2D eigenvalue weighted by Gasteiger charge is 2.37. The lowest BCUT2D eigenvalue weighted by Crippen LogP contribution is -2.38. The molecule has 5 nitrogen and oxygen atoms in total. The monoisotopic (exact) mass is 383 g/mol. The minimum absolute atomic E-state index is 0.0690. The molecule has 0 saturated heterocycles. The summed E-state index contributed by atoms with van der Waals surface area (Å²) in [5.74, 6) is -0.0690. The van der Waals surface area contributed by atoms with Gasteiger partial charge in [-0.25, -0.2) is 0 Å². The summed E-state index contributed by atoms with van der Waals surface area (Å²) in [6.45, 7) is 2.70. The van der Waals surface area contributed by atoms with Crippen molar-refractivity contribution in [3.05, 3.63) is 77.0 Å². The highest BCUT2D eigenvalue weighted by Crippen LogP contribution is 2.33. The minimum Gasteiger partial charge on any atom is -0.376 e. The van der Waals surface area contributed by atoms with Gasteiger partial charge in [-0.05, 0) is 17.5 Å². The van der Waals surface area contributed by atoms with E-state index in [1.165, 1.54) is 0 Å². The molecule has 0 spiro atoms. The van der Waals surface area contributed by atoms with E-state index in [0.717, 1.165) is 24.0 Å². The summed E-state index contributed by atoms with van der Waals surface area (Å²) in [7, 11) is 1.67. The van der Waals surface area contributed by atoms with Gasteiger partial charge in [0.15, 0.2) is 6.29 Å². The molecular formula is C23H29NO4. The van der Waals surface area contributed by atoms with Crippen molar-refractivity contribution in [1.29, 1.82) is 0 Å². The zero-order valence-electron chi connectivity index (χ0n) is 16.6. The van der Waals surface area contributed by atoms with Crippen molar-refractivity contribution < 1.29 is 19.2 Å². The second kappa shape index (κ2) is 10.2. The highest BCUT2D eigenvalue weighted by atomic mass is 16.9. The van der Waals surface area contributed by atoms with E-state index < -0.39 is 6.29 Å². The predicted molar refractivity (Wildman–Crippen MR) is 109 cm³/mol. The van der Waals surface area contributed by atoms with Crippen LogP contribution in [0.15, 0.2) is 60.7 Å². The first-order valence-electron chi connectivity index (χ1n) is 9.97. The van der Waals surface area contributed by atoms with E-state index in [4.69, 9.17) is 14.3 Å². The third-order valence-electron chi connectivity index (χ3n) is 5.13. The summed E-state index contributed by atoms with van der Waals surface area (Å²) in [6, 6.07) is 20.0. The van der Waals surface area contributed by atoms with Gasteiger partial charge in [-0.15, -0.1) is 0 Å². The number of nitrogens with zero attached hydrogens (tertiary/aromatic N) is 1. The molecule has 2 aromatic carbocycles. The summed E-state index contributed by atoms with van der Waals surface area (Å²) >= 11 is 0. The number of methoxy groups -OCH3 is 1. The van der Waals surface area contributed by atoms with Gasteiger partial charge in [0.05, 0.1) is 18.4 Å². The lowest BCUT2D eigenvalue weighted by Gasteiger charge is -2.31. The molecule has 0 aliphatic carbocycles. The first-order chi connectivity index (χ1) is 13.7. The predicted octanol–water partition coefficient (Wildman–Crippen LogP) is 4.98. The van der Waals surface area contributed by atoms with Gasteiger partial charge < -0.3 is 14.3 Å². The van der Waals surface area contributed by atoms with Crippen molar-refractivity contribution in [3.8, 4) is 0 Å². The number of unbranched alkanes of at least 4 members (excludes halogenated alkanes) is 1. The van der Waals surface area contributed by atoms with Crippen molar-refractivity contribution in [1.82, 2.24) is 0 Å². The SMILES string of the molecule is CCCCO[C@@H]1C[C@H](c2ccccc2)C(C[C@H](OC)c2ccccc2)=[N+]([O-])O1. The average Bonchev–Trinajstić information content (AvgIpc) is 2.74. The van der Waals surface area contributed by atoms with Crippen LogP contribution in [0.4, 0.5) is 0 Å². The molecule has 28 heavy (non-hydrogen) atoms. The summed E-state index contributed by atoms with van der Waals surface area (Å²) in [5.41, 5.74) is 2.80. The Morgan fingerprint density at radius 3 is 2.43 bits per heavy atom. The fraction of sp³-hybridized carbons (Fsp3) is 0.435. The number of rotatable bonds is 9. The van der Waals surface area contributed by atoms with Gasteiger partial charge in [-0.2, -0.15) is 0 Å². The van der Waals surface area contributed by atoms with E-state index in [2.05, 4.69) is 19.1 Å². The Balaban J connectivity index is 1.85. The largest absolute Gasteiger partial charge is 0.376 e. The zero-order chi connectivity index (χ0) is 19.8. The van der Waals surface area contributed by atoms with Gasteiger partial charge in [0.25, 0.3) is 0 Å². The Kier molecular flexibility index (Phi) is 7.46. The van der Waals surface area contributed by atoms with Gasteiger partial charge in [-0.3, -0.25) is 5.21 Å². The van der Waals surface area contributed by atoms with Crippen LogP contribution in [0.25, 0.3) is 0 Å². The molecule has 0 bridgehead atoms. The van der Waals surface area contributed by atoms with Crippen LogP contribution in [0.1, 0.15) is 55.8 Å². The fourth-order valence-electron chi connectivity index (χ4n) is 3.56. The molecular weight excluding hydrogens is 354 g/mol. The smallest absolute Gasteiger partial charge is 0.232 e. The molecule has 1 aliphatic rings. The van der Waals surface area contributed by atoms with Crippen molar-refractivity contribution in [2.45, 2.75) is 50.9 Å². The standard InChI is InChI=1S/C23H29NO4/c1-3-4-15-27-23-16-20(18-11-7-5-8-12-18)21(24(25)28-23)17-22(26-2)19-13-9-6-10-14-19/h5-14,20,22-23H,3-4,15-17H2,1-2H3/t20-,22+,23+/m1/s1. The van der Waals surface area contributed by atoms with E-state index in [1.54, 1.807) is 7.11 Å². The van der Waals surface area contributed by atoms with E-state index in [1.807, 2.05) is 48.5 Å². The molecule has 0 fully saturated rings. The third-order valence-corrected chi connectivity index (χ3v) is 5.13. The average molecular weight is 383 g/mol. The molecule has 2 aromatic rings. The first kappa shape index (κ1) is 20.4. The number of ether oxygens (including phenoxy) is 2. The van der Waals surface area contributed by atoms with E-state index in [-0.39, 0.29) is 12.0 Å². The number of hydrogen-bond acceptors (Lipinski definition) is 4. The Morgan fingerprint density at radius 1 is 1.11 bits per heavy atom. The Hall–Kier alpha value is -2.37. The summed E-state index contributed by atoms with van der Waals surface area (Å²) < 4.78 is 11.5.